The van der Waals surface area contributed by atoms with Crippen LogP contribution in [-0.2, 0) is 4.79 Å². The molecule has 2 aromatic rings. The van der Waals surface area contributed by atoms with E-state index in [4.69, 9.17) is 0 Å². The van der Waals surface area contributed by atoms with Gasteiger partial charge < -0.3 is 20.9 Å². The van der Waals surface area contributed by atoms with E-state index < -0.39 is 0 Å². The number of carbonyl (C=O) groups is 3. The zero-order valence-electron chi connectivity index (χ0n) is 17.3. The summed E-state index contributed by atoms with van der Waals surface area (Å²) >= 11 is 0. The summed E-state index contributed by atoms with van der Waals surface area (Å²) in [7, 11) is 3.40. The van der Waals surface area contributed by atoms with Crippen molar-refractivity contribution in [2.45, 2.75) is 26.3 Å². The second-order valence-electron chi connectivity index (χ2n) is 7.04. The molecule has 3 N–H and O–H groups in total. The van der Waals surface area contributed by atoms with Crippen LogP contribution in [0.2, 0.25) is 0 Å². The molecule has 0 aliphatic carbocycles. The Labute approximate surface area is 171 Å². The lowest BCUT2D eigenvalue weighted by atomic mass is 10.1. The van der Waals surface area contributed by atoms with Gasteiger partial charge in [0.1, 0.15) is 0 Å². The van der Waals surface area contributed by atoms with Gasteiger partial charge >= 0.3 is 0 Å². The lowest BCUT2D eigenvalue weighted by molar-refractivity contribution is -0.114. The molecule has 0 aliphatic heterocycles. The van der Waals surface area contributed by atoms with Crippen molar-refractivity contribution in [3.63, 3.8) is 0 Å². The van der Waals surface area contributed by atoms with Crippen LogP contribution in [0.15, 0.2) is 48.5 Å². The van der Waals surface area contributed by atoms with Crippen molar-refractivity contribution in [2.75, 3.05) is 31.3 Å². The monoisotopic (exact) mass is 396 g/mol. The predicted octanol–water partition coefficient (Wildman–Crippen LogP) is 2.97. The summed E-state index contributed by atoms with van der Waals surface area (Å²) < 4.78 is 0. The van der Waals surface area contributed by atoms with Crippen LogP contribution in [0, 0.1) is 0 Å². The van der Waals surface area contributed by atoms with Crippen molar-refractivity contribution >= 4 is 29.1 Å². The number of amides is 3. The first-order valence-corrected chi connectivity index (χ1v) is 9.56. The molecule has 2 aromatic carbocycles. The van der Waals surface area contributed by atoms with Crippen LogP contribution in [0.1, 0.15) is 41.0 Å². The average molecular weight is 396 g/mol. The van der Waals surface area contributed by atoms with Crippen molar-refractivity contribution in [1.82, 2.24) is 10.2 Å². The third-order valence-electron chi connectivity index (χ3n) is 4.41. The van der Waals surface area contributed by atoms with Gasteiger partial charge in [0, 0.05) is 42.6 Å². The molecular weight excluding hydrogens is 368 g/mol. The molecule has 1 unspecified atom stereocenters. The Morgan fingerprint density at radius 1 is 0.897 bits per heavy atom. The molecule has 2 rings (SSSR count). The quantitative estimate of drug-likeness (QED) is 0.640. The second kappa shape index (κ2) is 10.3. The van der Waals surface area contributed by atoms with Gasteiger partial charge in [0.2, 0.25) is 5.91 Å². The van der Waals surface area contributed by atoms with E-state index in [1.165, 1.54) is 4.90 Å². The van der Waals surface area contributed by atoms with Crippen molar-refractivity contribution in [1.29, 1.82) is 0 Å². The van der Waals surface area contributed by atoms with Crippen LogP contribution in [0.4, 0.5) is 11.4 Å². The van der Waals surface area contributed by atoms with Gasteiger partial charge in [-0.15, -0.1) is 0 Å². The van der Waals surface area contributed by atoms with E-state index in [2.05, 4.69) is 16.0 Å². The first-order chi connectivity index (χ1) is 13.8. The van der Waals surface area contributed by atoms with Gasteiger partial charge in [-0.2, -0.15) is 0 Å². The maximum Gasteiger partial charge on any atom is 0.253 e. The molecule has 1 atom stereocenters. The van der Waals surface area contributed by atoms with Gasteiger partial charge in [0.15, 0.2) is 0 Å². The molecule has 7 nitrogen and oxygen atoms in total. The standard InChI is InChI=1S/C22H28N4O3/c1-5-15(2)24-21(28)16-6-12-19(13-7-16)25-20(27)14-23-18-10-8-17(9-11-18)22(29)26(3)4/h6-13,15,23H,5,14H2,1-4H3,(H,24,28)(H,25,27). The Bertz CT molecular complexity index is 845. The number of anilines is 2. The minimum atomic E-state index is -0.213. The van der Waals surface area contributed by atoms with Crippen LogP contribution >= 0.6 is 0 Å². The van der Waals surface area contributed by atoms with E-state index >= 15 is 0 Å². The molecule has 7 heteroatoms. The van der Waals surface area contributed by atoms with Crippen LogP contribution in [-0.4, -0.2) is 49.3 Å². The molecule has 3 amide bonds. The highest BCUT2D eigenvalue weighted by Gasteiger charge is 2.10. The minimum Gasteiger partial charge on any atom is -0.376 e. The molecule has 0 saturated heterocycles. The fourth-order valence-corrected chi connectivity index (χ4v) is 2.49. The largest absolute Gasteiger partial charge is 0.376 e. The summed E-state index contributed by atoms with van der Waals surface area (Å²) in [6.07, 6.45) is 0.863. The summed E-state index contributed by atoms with van der Waals surface area (Å²) in [5, 5.41) is 8.70. The number of nitrogens with one attached hydrogen (secondary N) is 3. The van der Waals surface area contributed by atoms with Crippen LogP contribution < -0.4 is 16.0 Å². The second-order valence-corrected chi connectivity index (χ2v) is 7.04. The molecule has 154 valence electrons. The zero-order valence-corrected chi connectivity index (χ0v) is 17.3. The van der Waals surface area contributed by atoms with E-state index in [0.717, 1.165) is 12.1 Å². The highest BCUT2D eigenvalue weighted by atomic mass is 16.2. The maximum absolute atomic E-state index is 12.1. The highest BCUT2D eigenvalue weighted by Crippen LogP contribution is 2.12. The first-order valence-electron chi connectivity index (χ1n) is 9.56. The molecule has 0 fully saturated rings. The number of rotatable bonds is 8. The first kappa shape index (κ1) is 21.9. The Kier molecular flexibility index (Phi) is 7.77. The number of hydrogen-bond donors (Lipinski definition) is 3. The molecule has 29 heavy (non-hydrogen) atoms. The average Bonchev–Trinajstić information content (AvgIpc) is 2.72. The lowest BCUT2D eigenvalue weighted by Gasteiger charge is -2.12. The predicted molar refractivity (Wildman–Crippen MR) is 115 cm³/mol. The summed E-state index contributed by atoms with van der Waals surface area (Å²) in [6, 6.07) is 13.8. The minimum absolute atomic E-state index is 0.0735. The van der Waals surface area contributed by atoms with Gasteiger partial charge in [0.05, 0.1) is 6.54 Å². The van der Waals surface area contributed by atoms with Gasteiger partial charge in [-0.05, 0) is 61.9 Å². The Morgan fingerprint density at radius 3 is 2.00 bits per heavy atom. The maximum atomic E-state index is 12.1. The van der Waals surface area contributed by atoms with Gasteiger partial charge in [-0.25, -0.2) is 0 Å². The van der Waals surface area contributed by atoms with Crippen LogP contribution in [0.25, 0.3) is 0 Å². The lowest BCUT2D eigenvalue weighted by Crippen LogP contribution is -2.31. The van der Waals surface area contributed by atoms with Crippen LogP contribution in [0.3, 0.4) is 0 Å². The van der Waals surface area contributed by atoms with Crippen molar-refractivity contribution in [2.24, 2.45) is 0 Å². The summed E-state index contributed by atoms with van der Waals surface area (Å²) in [5.41, 5.74) is 2.49. The Balaban J connectivity index is 1.85. The normalized spacial score (nSPS) is 11.3. The smallest absolute Gasteiger partial charge is 0.253 e. The van der Waals surface area contributed by atoms with Crippen molar-refractivity contribution in [3.05, 3.63) is 59.7 Å². The van der Waals surface area contributed by atoms with Gasteiger partial charge in [-0.1, -0.05) is 6.92 Å². The van der Waals surface area contributed by atoms with E-state index in [1.54, 1.807) is 62.6 Å². The molecule has 0 saturated carbocycles. The number of nitrogens with zero attached hydrogens (tertiary/aromatic N) is 1. The molecule has 0 bridgehead atoms. The fraction of sp³-hybridized carbons (Fsp3) is 0.318. The number of benzene rings is 2. The van der Waals surface area contributed by atoms with E-state index in [-0.39, 0.29) is 30.3 Å². The zero-order chi connectivity index (χ0) is 21.4. The third-order valence-corrected chi connectivity index (χ3v) is 4.41. The van der Waals surface area contributed by atoms with Gasteiger partial charge in [0.25, 0.3) is 11.8 Å². The molecule has 0 spiro atoms. The number of hydrogen-bond acceptors (Lipinski definition) is 4. The Morgan fingerprint density at radius 2 is 1.45 bits per heavy atom. The summed E-state index contributed by atoms with van der Waals surface area (Å²) in [5.74, 6) is -0.416. The Hall–Kier alpha value is -3.35. The van der Waals surface area contributed by atoms with E-state index in [0.29, 0.717) is 16.8 Å². The van der Waals surface area contributed by atoms with Crippen molar-refractivity contribution < 1.29 is 14.4 Å². The third kappa shape index (κ3) is 6.64. The van der Waals surface area contributed by atoms with Crippen molar-refractivity contribution in [3.8, 4) is 0 Å². The molecule has 0 aliphatic rings. The van der Waals surface area contributed by atoms with Gasteiger partial charge in [-0.3, -0.25) is 14.4 Å². The molecule has 0 heterocycles. The summed E-state index contributed by atoms with van der Waals surface area (Å²) in [4.78, 5) is 37.6. The van der Waals surface area contributed by atoms with E-state index in [9.17, 15) is 14.4 Å². The molecular formula is C22H28N4O3. The molecule has 0 aromatic heterocycles. The number of carbonyl (C=O) groups excluding carboxylic acids is 3. The van der Waals surface area contributed by atoms with E-state index in [1.807, 2.05) is 13.8 Å². The molecule has 0 radical (unpaired) electrons. The summed E-state index contributed by atoms with van der Waals surface area (Å²) in [6.45, 7) is 4.04. The topological polar surface area (TPSA) is 90.5 Å². The highest BCUT2D eigenvalue weighted by molar-refractivity contribution is 5.97. The SMILES string of the molecule is CCC(C)NC(=O)c1ccc(NC(=O)CNc2ccc(C(=O)N(C)C)cc2)cc1. The van der Waals surface area contributed by atoms with Crippen LogP contribution in [0.5, 0.6) is 0 Å². The fourth-order valence-electron chi connectivity index (χ4n) is 2.49.